The Morgan fingerprint density at radius 1 is 0.848 bits per heavy atom. The summed E-state index contributed by atoms with van der Waals surface area (Å²) < 4.78 is 133. The zero-order valence-corrected chi connectivity index (χ0v) is 16.9. The lowest BCUT2D eigenvalue weighted by Crippen LogP contribution is -2.59. The predicted octanol–water partition coefficient (Wildman–Crippen LogP) is 6.47. The molecule has 0 aliphatic rings. The molecule has 1 unspecified atom stereocenters. The number of carbonyl (C=O) groups is 1. The Morgan fingerprint density at radius 3 is 1.76 bits per heavy atom. The van der Waals surface area contributed by atoms with Crippen molar-refractivity contribution >= 4 is 46.2 Å². The zero-order valence-electron chi connectivity index (χ0n) is 15.4. The second kappa shape index (κ2) is 8.31. The second-order valence-corrected chi connectivity index (χ2v) is 7.24. The van der Waals surface area contributed by atoms with E-state index in [4.69, 9.17) is 34.7 Å². The summed E-state index contributed by atoms with van der Waals surface area (Å²) in [4.78, 5) is 12.2. The minimum Gasteiger partial charge on any atom is -0.397 e. The Labute approximate surface area is 187 Å². The summed E-state index contributed by atoms with van der Waals surface area (Å²) in [6, 6.07) is 1.39. The summed E-state index contributed by atoms with van der Waals surface area (Å²) >= 11 is 11.2. The van der Waals surface area contributed by atoms with Crippen molar-refractivity contribution < 1.29 is 48.7 Å². The molecule has 0 heterocycles. The van der Waals surface area contributed by atoms with Gasteiger partial charge >= 0.3 is 23.9 Å². The van der Waals surface area contributed by atoms with Gasteiger partial charge in [-0.2, -0.15) is 35.1 Å². The van der Waals surface area contributed by atoms with Crippen molar-refractivity contribution in [2.45, 2.75) is 23.9 Å². The average molecular weight is 532 g/mol. The molecule has 0 aliphatic carbocycles. The molecule has 2 rings (SSSR count). The van der Waals surface area contributed by atoms with Crippen LogP contribution < -0.4 is 16.8 Å². The van der Waals surface area contributed by atoms with Gasteiger partial charge in [-0.25, -0.2) is 8.78 Å². The largest absolute Gasteiger partial charge is 0.457 e. The maximum atomic E-state index is 14.6. The third-order valence-corrected chi connectivity index (χ3v) is 4.91. The molecule has 0 saturated heterocycles. The number of hydrogen-bond acceptors (Lipinski definition) is 3. The lowest BCUT2D eigenvalue weighted by molar-refractivity contribution is -0.389. The molecule has 2 aromatic rings. The van der Waals surface area contributed by atoms with Crippen LogP contribution in [-0.4, -0.2) is 24.2 Å². The van der Waals surface area contributed by atoms with Crippen LogP contribution in [0.2, 0.25) is 10.0 Å². The van der Waals surface area contributed by atoms with Gasteiger partial charge in [-0.1, -0.05) is 23.2 Å². The van der Waals surface area contributed by atoms with E-state index in [9.17, 15) is 48.7 Å². The molecule has 0 fully saturated rings. The lowest BCUT2D eigenvalue weighted by atomic mass is 9.87. The number of anilines is 3. The molecular weight excluding hydrogens is 523 g/mol. The van der Waals surface area contributed by atoms with Gasteiger partial charge in [0, 0.05) is 5.56 Å². The highest BCUT2D eigenvalue weighted by Gasteiger charge is 2.81. The van der Waals surface area contributed by atoms with Crippen LogP contribution in [0.25, 0.3) is 0 Å². The first kappa shape index (κ1) is 26.6. The Hall–Kier alpha value is -2.61. The maximum absolute atomic E-state index is 14.6. The number of benzene rings is 2. The van der Waals surface area contributed by atoms with Crippen LogP contribution in [0.4, 0.5) is 61.0 Å². The minimum atomic E-state index is -6.96. The van der Waals surface area contributed by atoms with Gasteiger partial charge in [0.1, 0.15) is 0 Å². The Kier molecular flexibility index (Phi) is 6.71. The van der Waals surface area contributed by atoms with Crippen molar-refractivity contribution in [1.29, 1.82) is 0 Å². The van der Waals surface area contributed by atoms with Gasteiger partial charge < -0.3 is 16.8 Å². The number of nitrogen functional groups attached to an aromatic ring is 2. The summed E-state index contributed by atoms with van der Waals surface area (Å²) in [7, 11) is 0. The molecule has 4 nitrogen and oxygen atoms in total. The summed E-state index contributed by atoms with van der Waals surface area (Å²) in [5.74, 6) is -9.64. The molecule has 0 saturated carbocycles. The van der Waals surface area contributed by atoms with Crippen molar-refractivity contribution in [3.05, 3.63) is 51.3 Å². The van der Waals surface area contributed by atoms with Gasteiger partial charge in [-0.15, -0.1) is 0 Å². The average Bonchev–Trinajstić information content (AvgIpc) is 2.66. The molecular formula is C17H9Cl2F10N3O. The van der Waals surface area contributed by atoms with Crippen LogP contribution >= 0.6 is 23.2 Å². The summed E-state index contributed by atoms with van der Waals surface area (Å²) in [5, 5.41) is -0.519. The highest BCUT2D eigenvalue weighted by Crippen LogP contribution is 2.59. The van der Waals surface area contributed by atoms with Crippen molar-refractivity contribution in [2.24, 2.45) is 0 Å². The standard InChI is InChI=1S/C17H9Cl2F10N3O/c18-7-3-5(14(21,16(24,25)26)15(22,23)17(27,28)29)4-8(19)12(7)32-13(33)6-1-2-9(30)11(31)10(6)20/h1-4H,30-31H2,(H,32,33). The number of carbonyl (C=O) groups excluding carboxylic acids is 1. The van der Waals surface area contributed by atoms with E-state index in [1.54, 1.807) is 0 Å². The Balaban J connectivity index is 2.60. The highest BCUT2D eigenvalue weighted by atomic mass is 35.5. The van der Waals surface area contributed by atoms with E-state index in [0.717, 1.165) is 12.1 Å². The minimum absolute atomic E-state index is 0.232. The topological polar surface area (TPSA) is 81.1 Å². The molecule has 0 bridgehead atoms. The fraction of sp³-hybridized carbons (Fsp3) is 0.235. The van der Waals surface area contributed by atoms with Crippen molar-refractivity contribution in [2.75, 3.05) is 16.8 Å². The number of amides is 1. The van der Waals surface area contributed by atoms with E-state index in [0.29, 0.717) is 0 Å². The summed E-state index contributed by atoms with van der Waals surface area (Å²) in [5.41, 5.74) is -0.445. The first-order valence-electron chi connectivity index (χ1n) is 8.11. The van der Waals surface area contributed by atoms with Crippen molar-refractivity contribution in [3.8, 4) is 0 Å². The first-order valence-corrected chi connectivity index (χ1v) is 8.87. The quantitative estimate of drug-likeness (QED) is 0.312. The van der Waals surface area contributed by atoms with Gasteiger partial charge in [0.25, 0.3) is 5.91 Å². The molecule has 2 aromatic carbocycles. The highest BCUT2D eigenvalue weighted by molar-refractivity contribution is 6.40. The number of halogens is 12. The Morgan fingerprint density at radius 2 is 1.33 bits per heavy atom. The van der Waals surface area contributed by atoms with Gasteiger partial charge in [0.05, 0.1) is 32.7 Å². The molecule has 5 N–H and O–H groups in total. The molecule has 1 amide bonds. The zero-order chi connectivity index (χ0) is 25.7. The van der Waals surface area contributed by atoms with Crippen LogP contribution in [0.15, 0.2) is 24.3 Å². The number of hydrogen-bond donors (Lipinski definition) is 3. The summed E-state index contributed by atoms with van der Waals surface area (Å²) in [6.07, 6.45) is -13.7. The second-order valence-electron chi connectivity index (χ2n) is 6.43. The Bertz CT molecular complexity index is 1080. The molecule has 0 spiro atoms. The van der Waals surface area contributed by atoms with Gasteiger partial charge in [-0.05, 0) is 24.3 Å². The lowest BCUT2D eigenvalue weighted by Gasteiger charge is -2.36. The molecule has 0 aliphatic heterocycles. The van der Waals surface area contributed by atoms with E-state index in [1.807, 2.05) is 5.32 Å². The smallest absolute Gasteiger partial charge is 0.397 e. The van der Waals surface area contributed by atoms with Crippen LogP contribution in [0.5, 0.6) is 0 Å². The van der Waals surface area contributed by atoms with Crippen molar-refractivity contribution in [3.63, 3.8) is 0 Å². The fourth-order valence-electron chi connectivity index (χ4n) is 2.57. The van der Waals surface area contributed by atoms with Crippen LogP contribution in [0, 0.1) is 5.82 Å². The number of rotatable bonds is 4. The van der Waals surface area contributed by atoms with E-state index >= 15 is 0 Å². The third kappa shape index (κ3) is 4.33. The van der Waals surface area contributed by atoms with E-state index in [-0.39, 0.29) is 17.8 Å². The molecule has 16 heteroatoms. The SMILES string of the molecule is Nc1ccc(C(=O)Nc2c(Cl)cc(C(F)(C(F)(F)F)C(F)(F)C(F)(F)F)cc2Cl)c(F)c1N. The molecule has 1 atom stereocenters. The predicted molar refractivity (Wildman–Crippen MR) is 99.5 cm³/mol. The molecule has 182 valence electrons. The third-order valence-electron chi connectivity index (χ3n) is 4.32. The molecule has 33 heavy (non-hydrogen) atoms. The van der Waals surface area contributed by atoms with Gasteiger partial charge in [0.15, 0.2) is 5.82 Å². The van der Waals surface area contributed by atoms with Gasteiger partial charge in [0.2, 0.25) is 0 Å². The van der Waals surface area contributed by atoms with Crippen LogP contribution in [0.1, 0.15) is 15.9 Å². The normalized spacial score (nSPS) is 14.7. The van der Waals surface area contributed by atoms with E-state index in [1.165, 1.54) is 0 Å². The number of nitrogens with one attached hydrogen (secondary N) is 1. The number of alkyl halides is 9. The van der Waals surface area contributed by atoms with Crippen LogP contribution in [-0.2, 0) is 5.67 Å². The summed E-state index contributed by atoms with van der Waals surface area (Å²) in [6.45, 7) is 0. The van der Waals surface area contributed by atoms with Gasteiger partial charge in [-0.3, -0.25) is 4.79 Å². The molecule has 0 radical (unpaired) electrons. The van der Waals surface area contributed by atoms with Crippen molar-refractivity contribution in [1.82, 2.24) is 0 Å². The van der Waals surface area contributed by atoms with E-state index in [2.05, 4.69) is 0 Å². The van der Waals surface area contributed by atoms with E-state index < -0.39 is 68.2 Å². The maximum Gasteiger partial charge on any atom is 0.457 e. The molecule has 0 aromatic heterocycles. The first-order chi connectivity index (χ1) is 14.8. The fourth-order valence-corrected chi connectivity index (χ4v) is 3.16. The van der Waals surface area contributed by atoms with Crippen LogP contribution in [0.3, 0.4) is 0 Å². The monoisotopic (exact) mass is 531 g/mol. The number of nitrogens with two attached hydrogens (primary N) is 2.